The van der Waals surface area contributed by atoms with E-state index in [0.717, 1.165) is 18.5 Å². The zero-order valence-electron chi connectivity index (χ0n) is 12.5. The lowest BCUT2D eigenvalue weighted by Gasteiger charge is -2.39. The van der Waals surface area contributed by atoms with Gasteiger partial charge < -0.3 is 10.1 Å². The average molecular weight is 261 g/mol. The van der Waals surface area contributed by atoms with Crippen molar-refractivity contribution in [2.75, 3.05) is 0 Å². The van der Waals surface area contributed by atoms with Crippen LogP contribution in [-0.4, -0.2) is 18.2 Å². The summed E-state index contributed by atoms with van der Waals surface area (Å²) in [6, 6.07) is 0.321. The molecule has 1 aliphatic rings. The lowest BCUT2D eigenvalue weighted by atomic mass is 9.88. The Morgan fingerprint density at radius 3 is 2.58 bits per heavy atom. The van der Waals surface area contributed by atoms with Crippen LogP contribution in [0.5, 0.6) is 0 Å². The van der Waals surface area contributed by atoms with Crippen LogP contribution in [0.1, 0.15) is 33.6 Å². The molecular formula is C17H27NO. The van der Waals surface area contributed by atoms with E-state index in [2.05, 4.69) is 51.9 Å². The van der Waals surface area contributed by atoms with Crippen molar-refractivity contribution in [2.45, 2.75) is 51.9 Å². The van der Waals surface area contributed by atoms with Gasteiger partial charge in [-0.25, -0.2) is 0 Å². The third-order valence-corrected chi connectivity index (χ3v) is 3.83. The molecule has 0 aliphatic carbocycles. The van der Waals surface area contributed by atoms with Crippen molar-refractivity contribution < 1.29 is 4.74 Å². The van der Waals surface area contributed by atoms with Crippen molar-refractivity contribution in [2.24, 2.45) is 5.92 Å². The Hall–Kier alpha value is -1.28. The summed E-state index contributed by atoms with van der Waals surface area (Å²) in [4.78, 5) is 0. The Morgan fingerprint density at radius 2 is 2.00 bits per heavy atom. The van der Waals surface area contributed by atoms with Gasteiger partial charge in [-0.15, -0.1) is 0 Å². The molecule has 106 valence electrons. The van der Waals surface area contributed by atoms with Gasteiger partial charge in [0.05, 0.1) is 18.2 Å². The average Bonchev–Trinajstić information content (AvgIpc) is 2.40. The van der Waals surface area contributed by atoms with Crippen LogP contribution in [0.15, 0.2) is 49.2 Å². The predicted molar refractivity (Wildman–Crippen MR) is 82.9 cm³/mol. The molecule has 1 N–H and O–H groups in total. The van der Waals surface area contributed by atoms with Gasteiger partial charge in [0.15, 0.2) is 0 Å². The fraction of sp³-hybridized carbons (Fsp3) is 0.529. The topological polar surface area (TPSA) is 21.3 Å². The van der Waals surface area contributed by atoms with E-state index >= 15 is 0 Å². The number of allylic oxidation sites excluding steroid dienone is 3. The standard InChI is InChI=1S/C17H27NO/c1-7-12(3)9-10-17-13(4)11-16(15(6)19-17)18-14(5)8-2/h7-9,13,15-18H,1-2,5,10-11H2,3-4,6H3/b12-9+/t13-,15+,16+,17-/m0/s1. The van der Waals surface area contributed by atoms with Crippen LogP contribution >= 0.6 is 0 Å². The van der Waals surface area contributed by atoms with Gasteiger partial charge in [0.1, 0.15) is 0 Å². The Kier molecular flexibility index (Phi) is 6.10. The minimum absolute atomic E-state index is 0.190. The molecule has 1 aliphatic heterocycles. The fourth-order valence-electron chi connectivity index (χ4n) is 2.40. The van der Waals surface area contributed by atoms with Crippen LogP contribution in [0, 0.1) is 5.92 Å². The third-order valence-electron chi connectivity index (χ3n) is 3.83. The van der Waals surface area contributed by atoms with Crippen LogP contribution in [0.4, 0.5) is 0 Å². The second kappa shape index (κ2) is 7.34. The van der Waals surface area contributed by atoms with Crippen LogP contribution < -0.4 is 5.32 Å². The maximum Gasteiger partial charge on any atom is 0.0752 e. The number of nitrogens with one attached hydrogen (secondary N) is 1. The molecule has 1 rings (SSSR count). The minimum Gasteiger partial charge on any atom is -0.380 e. The molecule has 1 saturated heterocycles. The van der Waals surface area contributed by atoms with Crippen molar-refractivity contribution in [3.8, 4) is 0 Å². The van der Waals surface area contributed by atoms with Gasteiger partial charge in [0.25, 0.3) is 0 Å². The Bertz CT molecular complexity index is 369. The molecule has 0 radical (unpaired) electrons. The summed E-state index contributed by atoms with van der Waals surface area (Å²) < 4.78 is 6.13. The van der Waals surface area contributed by atoms with E-state index in [-0.39, 0.29) is 6.10 Å². The zero-order chi connectivity index (χ0) is 14.4. The van der Waals surface area contributed by atoms with E-state index in [4.69, 9.17) is 4.74 Å². The molecule has 0 aromatic heterocycles. The molecule has 2 nitrogen and oxygen atoms in total. The second-order valence-corrected chi connectivity index (χ2v) is 5.46. The Labute approximate surface area is 117 Å². The monoisotopic (exact) mass is 261 g/mol. The maximum atomic E-state index is 6.13. The second-order valence-electron chi connectivity index (χ2n) is 5.46. The summed E-state index contributed by atoms with van der Waals surface area (Å²) in [5.41, 5.74) is 2.08. The minimum atomic E-state index is 0.190. The van der Waals surface area contributed by atoms with Gasteiger partial charge in [-0.2, -0.15) is 0 Å². The van der Waals surface area contributed by atoms with Crippen LogP contribution in [0.3, 0.4) is 0 Å². The molecule has 0 spiro atoms. The van der Waals surface area contributed by atoms with Crippen LogP contribution in [0.2, 0.25) is 0 Å². The predicted octanol–water partition coefficient (Wildman–Crippen LogP) is 3.98. The van der Waals surface area contributed by atoms with Crippen LogP contribution in [-0.2, 0) is 4.74 Å². The SMILES string of the molecule is C=CC(=C)N[C@@H]1C[C@H](C)[C@H](C/C=C(\C)C=C)O[C@@H]1C. The van der Waals surface area contributed by atoms with Crippen molar-refractivity contribution in [1.29, 1.82) is 0 Å². The molecule has 1 heterocycles. The van der Waals surface area contributed by atoms with E-state index in [1.165, 1.54) is 5.57 Å². The van der Waals surface area contributed by atoms with E-state index < -0.39 is 0 Å². The third kappa shape index (κ3) is 4.71. The Morgan fingerprint density at radius 1 is 1.32 bits per heavy atom. The summed E-state index contributed by atoms with van der Waals surface area (Å²) in [7, 11) is 0. The van der Waals surface area contributed by atoms with Crippen LogP contribution in [0.25, 0.3) is 0 Å². The number of rotatable bonds is 6. The number of hydrogen-bond acceptors (Lipinski definition) is 2. The molecular weight excluding hydrogens is 234 g/mol. The molecule has 2 heteroatoms. The highest BCUT2D eigenvalue weighted by molar-refractivity contribution is 5.13. The van der Waals surface area contributed by atoms with Gasteiger partial charge in [-0.05, 0) is 38.7 Å². The summed E-state index contributed by atoms with van der Waals surface area (Å²) >= 11 is 0. The molecule has 1 fully saturated rings. The van der Waals surface area contributed by atoms with E-state index in [1.54, 1.807) is 6.08 Å². The molecule has 0 saturated carbocycles. The normalized spacial score (nSPS) is 31.6. The molecule has 0 amide bonds. The zero-order valence-corrected chi connectivity index (χ0v) is 12.5. The van der Waals surface area contributed by atoms with Gasteiger partial charge in [-0.1, -0.05) is 44.4 Å². The summed E-state index contributed by atoms with van der Waals surface area (Å²) in [5.74, 6) is 0.528. The quantitative estimate of drug-likeness (QED) is 0.730. The fourth-order valence-corrected chi connectivity index (χ4v) is 2.40. The first kappa shape index (κ1) is 15.8. The van der Waals surface area contributed by atoms with Gasteiger partial charge in [0, 0.05) is 5.70 Å². The molecule has 0 aromatic carbocycles. The number of hydrogen-bond donors (Lipinski definition) is 1. The highest BCUT2D eigenvalue weighted by Gasteiger charge is 2.32. The van der Waals surface area contributed by atoms with Crippen molar-refractivity contribution in [1.82, 2.24) is 5.32 Å². The van der Waals surface area contributed by atoms with Gasteiger partial charge in [-0.3, -0.25) is 0 Å². The van der Waals surface area contributed by atoms with Gasteiger partial charge >= 0.3 is 0 Å². The highest BCUT2D eigenvalue weighted by Crippen LogP contribution is 2.28. The lowest BCUT2D eigenvalue weighted by molar-refractivity contribution is -0.0839. The van der Waals surface area contributed by atoms with E-state index in [0.29, 0.717) is 18.1 Å². The molecule has 0 aromatic rings. The van der Waals surface area contributed by atoms with Crippen molar-refractivity contribution >= 4 is 0 Å². The molecule has 4 atom stereocenters. The maximum absolute atomic E-state index is 6.13. The molecule has 19 heavy (non-hydrogen) atoms. The molecule has 0 unspecified atom stereocenters. The van der Waals surface area contributed by atoms with Crippen molar-refractivity contribution in [3.05, 3.63) is 49.2 Å². The smallest absolute Gasteiger partial charge is 0.0752 e. The first-order valence-electron chi connectivity index (χ1n) is 7.00. The van der Waals surface area contributed by atoms with E-state index in [1.807, 2.05) is 6.08 Å². The summed E-state index contributed by atoms with van der Waals surface area (Å²) in [6.07, 6.45) is 8.38. The Balaban J connectivity index is 2.57. The lowest BCUT2D eigenvalue weighted by Crippen LogP contribution is -2.48. The highest BCUT2D eigenvalue weighted by atomic mass is 16.5. The first-order chi connectivity index (χ1) is 8.97. The first-order valence-corrected chi connectivity index (χ1v) is 7.00. The van der Waals surface area contributed by atoms with Crippen molar-refractivity contribution in [3.63, 3.8) is 0 Å². The summed E-state index contributed by atoms with van der Waals surface area (Å²) in [6.45, 7) is 17.9. The largest absolute Gasteiger partial charge is 0.380 e. The molecule has 0 bridgehead atoms. The van der Waals surface area contributed by atoms with Gasteiger partial charge in [0.2, 0.25) is 0 Å². The number of ether oxygens (including phenoxy) is 1. The summed E-state index contributed by atoms with van der Waals surface area (Å²) in [5, 5.41) is 3.38. The van der Waals surface area contributed by atoms with E-state index in [9.17, 15) is 0 Å².